The number of pyridine rings is 1. The Morgan fingerprint density at radius 3 is 2.38 bits per heavy atom. The topological polar surface area (TPSA) is 83.9 Å². The van der Waals surface area contributed by atoms with Gasteiger partial charge < -0.3 is 10.0 Å². The average Bonchev–Trinajstić information content (AvgIpc) is 2.29. The van der Waals surface area contributed by atoms with Gasteiger partial charge in [-0.1, -0.05) is 0 Å². The number of hydrogen-bond acceptors (Lipinski definition) is 5. The molecule has 1 atom stereocenters. The molecule has 5 nitrogen and oxygen atoms in total. The third-order valence-corrected chi connectivity index (χ3v) is 2.09. The normalized spacial score (nSPS) is 11.2. The number of aliphatic hydroxyl groups is 1. The van der Waals surface area contributed by atoms with Crippen molar-refractivity contribution in [3.63, 3.8) is 0 Å². The Morgan fingerprint density at radius 1 is 1.38 bits per heavy atom. The van der Waals surface area contributed by atoms with Crippen LogP contribution in [0.2, 0.25) is 0 Å². The summed E-state index contributed by atoms with van der Waals surface area (Å²) in [6.45, 7) is 1.91. The fourth-order valence-electron chi connectivity index (χ4n) is 1.24. The van der Waals surface area contributed by atoms with Crippen molar-refractivity contribution < 1.29 is 5.11 Å². The van der Waals surface area contributed by atoms with E-state index in [4.69, 9.17) is 10.5 Å². The molecule has 1 N–H and O–H groups in total. The monoisotopic (exact) mass is 216 g/mol. The molecule has 1 heterocycles. The van der Waals surface area contributed by atoms with E-state index >= 15 is 0 Å². The van der Waals surface area contributed by atoms with Crippen LogP contribution >= 0.6 is 0 Å². The standard InChI is InChI=1S/C11H12N4O/c1-9(16)11-3-2-10(8-14-11)15(6-4-12)7-5-13/h2-3,8-9,16H,6-7H2,1H3. The van der Waals surface area contributed by atoms with Crippen molar-refractivity contribution in [1.29, 1.82) is 10.5 Å². The first-order valence-electron chi connectivity index (χ1n) is 4.82. The molecule has 0 aliphatic heterocycles. The van der Waals surface area contributed by atoms with Gasteiger partial charge in [0.2, 0.25) is 0 Å². The van der Waals surface area contributed by atoms with E-state index in [1.54, 1.807) is 30.2 Å². The third kappa shape index (κ3) is 2.94. The summed E-state index contributed by atoms with van der Waals surface area (Å²) < 4.78 is 0. The largest absolute Gasteiger partial charge is 0.387 e. The second kappa shape index (κ2) is 5.69. The Hall–Kier alpha value is -2.11. The van der Waals surface area contributed by atoms with Crippen LogP contribution in [0.4, 0.5) is 5.69 Å². The quantitative estimate of drug-likeness (QED) is 0.758. The Morgan fingerprint density at radius 2 is 2.00 bits per heavy atom. The molecule has 5 heteroatoms. The smallest absolute Gasteiger partial charge is 0.107 e. The first-order chi connectivity index (χ1) is 7.69. The molecule has 0 radical (unpaired) electrons. The molecule has 0 saturated carbocycles. The minimum absolute atomic E-state index is 0.142. The van der Waals surface area contributed by atoms with Crippen LogP contribution in [0.3, 0.4) is 0 Å². The highest BCUT2D eigenvalue weighted by atomic mass is 16.3. The van der Waals surface area contributed by atoms with Gasteiger partial charge in [-0.25, -0.2) is 0 Å². The lowest BCUT2D eigenvalue weighted by atomic mass is 10.2. The third-order valence-electron chi connectivity index (χ3n) is 2.09. The Kier molecular flexibility index (Phi) is 4.26. The molecule has 0 spiro atoms. The summed E-state index contributed by atoms with van der Waals surface area (Å²) in [6, 6.07) is 7.39. The van der Waals surface area contributed by atoms with Crippen molar-refractivity contribution in [3.8, 4) is 12.1 Å². The molecule has 0 aromatic carbocycles. The van der Waals surface area contributed by atoms with Gasteiger partial charge in [0.05, 0.1) is 35.8 Å². The maximum absolute atomic E-state index is 9.28. The minimum Gasteiger partial charge on any atom is -0.387 e. The highest BCUT2D eigenvalue weighted by Gasteiger charge is 2.07. The first-order valence-corrected chi connectivity index (χ1v) is 4.82. The fraction of sp³-hybridized carbons (Fsp3) is 0.364. The number of hydrogen-bond donors (Lipinski definition) is 1. The summed E-state index contributed by atoms with van der Waals surface area (Å²) in [7, 11) is 0. The molecule has 82 valence electrons. The zero-order valence-electron chi connectivity index (χ0n) is 8.96. The van der Waals surface area contributed by atoms with Gasteiger partial charge in [0.1, 0.15) is 13.1 Å². The van der Waals surface area contributed by atoms with E-state index in [1.807, 2.05) is 12.1 Å². The van der Waals surface area contributed by atoms with Crippen LogP contribution in [0.5, 0.6) is 0 Å². The summed E-state index contributed by atoms with van der Waals surface area (Å²) in [5.74, 6) is 0. The van der Waals surface area contributed by atoms with Gasteiger partial charge in [-0.2, -0.15) is 10.5 Å². The van der Waals surface area contributed by atoms with Crippen LogP contribution < -0.4 is 4.90 Å². The van der Waals surface area contributed by atoms with Crippen LogP contribution in [-0.2, 0) is 0 Å². The van der Waals surface area contributed by atoms with Crippen molar-refractivity contribution in [3.05, 3.63) is 24.0 Å². The number of aromatic nitrogens is 1. The molecule has 0 amide bonds. The molecule has 16 heavy (non-hydrogen) atoms. The molecule has 1 aromatic heterocycles. The Balaban J connectivity index is 2.86. The maximum Gasteiger partial charge on any atom is 0.107 e. The molecule has 1 rings (SSSR count). The van der Waals surface area contributed by atoms with Gasteiger partial charge >= 0.3 is 0 Å². The SMILES string of the molecule is CC(O)c1ccc(N(CC#N)CC#N)cn1. The Bertz CT molecular complexity index is 397. The number of nitrogens with zero attached hydrogens (tertiary/aromatic N) is 4. The van der Waals surface area contributed by atoms with Crippen LogP contribution in [-0.4, -0.2) is 23.2 Å². The zero-order valence-corrected chi connectivity index (χ0v) is 8.96. The number of nitriles is 2. The number of anilines is 1. The van der Waals surface area contributed by atoms with Crippen molar-refractivity contribution in [2.45, 2.75) is 13.0 Å². The van der Waals surface area contributed by atoms with Crippen LogP contribution in [0.1, 0.15) is 18.7 Å². The summed E-state index contributed by atoms with van der Waals surface area (Å²) in [6.07, 6.45) is 0.936. The highest BCUT2D eigenvalue weighted by Crippen LogP contribution is 2.15. The lowest BCUT2D eigenvalue weighted by Crippen LogP contribution is -2.23. The molecular weight excluding hydrogens is 204 g/mol. The molecule has 0 bridgehead atoms. The van der Waals surface area contributed by atoms with E-state index in [1.165, 1.54) is 0 Å². The van der Waals surface area contributed by atoms with E-state index < -0.39 is 6.10 Å². The molecule has 1 aromatic rings. The molecule has 0 aliphatic rings. The summed E-state index contributed by atoms with van der Waals surface area (Å²) in [5.41, 5.74) is 1.27. The zero-order chi connectivity index (χ0) is 12.0. The number of aliphatic hydroxyl groups excluding tert-OH is 1. The molecule has 0 fully saturated rings. The summed E-state index contributed by atoms with van der Waals surface area (Å²) in [4.78, 5) is 5.66. The predicted molar refractivity (Wildman–Crippen MR) is 58.3 cm³/mol. The van der Waals surface area contributed by atoms with Gasteiger partial charge in [0.25, 0.3) is 0 Å². The van der Waals surface area contributed by atoms with E-state index in [9.17, 15) is 5.11 Å². The van der Waals surface area contributed by atoms with Gasteiger partial charge in [0.15, 0.2) is 0 Å². The van der Waals surface area contributed by atoms with Crippen molar-refractivity contribution >= 4 is 5.69 Å². The minimum atomic E-state index is -0.616. The molecule has 0 aliphatic carbocycles. The maximum atomic E-state index is 9.28. The predicted octanol–water partition coefficient (Wildman–Crippen LogP) is 0.988. The van der Waals surface area contributed by atoms with Crippen molar-refractivity contribution in [2.24, 2.45) is 0 Å². The van der Waals surface area contributed by atoms with Crippen molar-refractivity contribution in [1.82, 2.24) is 4.98 Å². The lowest BCUT2D eigenvalue weighted by Gasteiger charge is -2.17. The second-order valence-corrected chi connectivity index (χ2v) is 3.29. The summed E-state index contributed by atoms with van der Waals surface area (Å²) in [5, 5.41) is 26.5. The van der Waals surface area contributed by atoms with Gasteiger partial charge in [-0.3, -0.25) is 4.98 Å². The second-order valence-electron chi connectivity index (χ2n) is 3.29. The van der Waals surface area contributed by atoms with E-state index in [0.717, 1.165) is 0 Å². The van der Waals surface area contributed by atoms with Crippen molar-refractivity contribution in [2.75, 3.05) is 18.0 Å². The molecular formula is C11H12N4O. The molecule has 0 saturated heterocycles. The van der Waals surface area contributed by atoms with Crippen LogP contribution in [0.25, 0.3) is 0 Å². The van der Waals surface area contributed by atoms with Crippen LogP contribution in [0, 0.1) is 22.7 Å². The fourth-order valence-corrected chi connectivity index (χ4v) is 1.24. The van der Waals surface area contributed by atoms with Gasteiger partial charge in [0, 0.05) is 0 Å². The first kappa shape index (κ1) is 12.0. The summed E-state index contributed by atoms with van der Waals surface area (Å²) >= 11 is 0. The highest BCUT2D eigenvalue weighted by molar-refractivity contribution is 5.46. The number of rotatable bonds is 4. The van der Waals surface area contributed by atoms with Gasteiger partial charge in [-0.15, -0.1) is 0 Å². The van der Waals surface area contributed by atoms with Gasteiger partial charge in [-0.05, 0) is 19.1 Å². The molecule has 1 unspecified atom stereocenters. The lowest BCUT2D eigenvalue weighted by molar-refractivity contribution is 0.194. The Labute approximate surface area is 94.2 Å². The van der Waals surface area contributed by atoms with Crippen LogP contribution in [0.15, 0.2) is 18.3 Å². The van der Waals surface area contributed by atoms with E-state index in [-0.39, 0.29) is 13.1 Å². The van der Waals surface area contributed by atoms with E-state index in [2.05, 4.69) is 4.98 Å². The van der Waals surface area contributed by atoms with E-state index in [0.29, 0.717) is 11.4 Å². The average molecular weight is 216 g/mol.